The van der Waals surface area contributed by atoms with E-state index in [9.17, 15) is 9.59 Å². The van der Waals surface area contributed by atoms with Crippen LogP contribution in [0.3, 0.4) is 0 Å². The Kier molecular flexibility index (Phi) is 16.1. The van der Waals surface area contributed by atoms with Crippen LogP contribution in [-0.4, -0.2) is 57.3 Å². The van der Waals surface area contributed by atoms with Gasteiger partial charge < -0.3 is 23.8 Å². The summed E-state index contributed by atoms with van der Waals surface area (Å²) in [6.45, 7) is 6.36. The van der Waals surface area contributed by atoms with Crippen LogP contribution in [0.4, 0.5) is 0 Å². The van der Waals surface area contributed by atoms with Crippen LogP contribution in [0.5, 0.6) is 11.5 Å². The fourth-order valence-electron chi connectivity index (χ4n) is 4.39. The third-order valence-corrected chi connectivity index (χ3v) is 6.58. The molecule has 220 valence electrons. The molecule has 0 saturated heterocycles. The lowest BCUT2D eigenvalue weighted by Gasteiger charge is -2.16. The van der Waals surface area contributed by atoms with E-state index < -0.39 is 0 Å². The lowest BCUT2D eigenvalue weighted by atomic mass is 9.97. The molecule has 0 unspecified atom stereocenters. The van der Waals surface area contributed by atoms with Crippen molar-refractivity contribution in [3.63, 3.8) is 0 Å². The van der Waals surface area contributed by atoms with E-state index in [1.807, 2.05) is 31.1 Å². The summed E-state index contributed by atoms with van der Waals surface area (Å²) in [5.74, 6) is 3.58. The summed E-state index contributed by atoms with van der Waals surface area (Å²) >= 11 is 3.58. The molecule has 2 rings (SSSR count). The van der Waals surface area contributed by atoms with Crippen LogP contribution < -0.4 is 9.47 Å². The molecule has 7 nitrogen and oxygen atoms in total. The molecule has 0 bridgehead atoms. The largest absolute Gasteiger partial charge is 0.494 e. The molecule has 0 aromatic heterocycles. The van der Waals surface area contributed by atoms with Gasteiger partial charge in [-0.05, 0) is 89.0 Å². The minimum Gasteiger partial charge on any atom is -0.494 e. The molecule has 0 aliphatic carbocycles. The third kappa shape index (κ3) is 13.0. The molecule has 0 N–H and O–H groups in total. The number of esters is 1. The molecule has 0 radical (unpaired) electrons. The van der Waals surface area contributed by atoms with Gasteiger partial charge in [-0.3, -0.25) is 4.79 Å². The van der Waals surface area contributed by atoms with Crippen LogP contribution in [-0.2, 0) is 38.4 Å². The predicted molar refractivity (Wildman–Crippen MR) is 162 cm³/mol. The molecule has 0 aliphatic rings. The van der Waals surface area contributed by atoms with Gasteiger partial charge in [0.1, 0.15) is 11.5 Å². The van der Waals surface area contributed by atoms with E-state index in [1.165, 1.54) is 5.56 Å². The van der Waals surface area contributed by atoms with Gasteiger partial charge in [-0.1, -0.05) is 40.9 Å². The van der Waals surface area contributed by atoms with E-state index in [1.54, 1.807) is 6.92 Å². The minimum atomic E-state index is -0.223. The zero-order valence-corrected chi connectivity index (χ0v) is 26.0. The van der Waals surface area contributed by atoms with Crippen molar-refractivity contribution >= 4 is 27.8 Å². The molecule has 8 heteroatoms. The van der Waals surface area contributed by atoms with Crippen molar-refractivity contribution in [1.82, 2.24) is 4.90 Å². The average Bonchev–Trinajstić information content (AvgIpc) is 2.90. The number of halogens is 1. The summed E-state index contributed by atoms with van der Waals surface area (Å²) < 4.78 is 23.6. The normalized spacial score (nSPS) is 10.8. The maximum atomic E-state index is 11.6. The average molecular weight is 619 g/mol. The van der Waals surface area contributed by atoms with E-state index in [2.05, 4.69) is 53.1 Å². The molecular formula is C32H44BrNO6. The number of rotatable bonds is 20. The van der Waals surface area contributed by atoms with Crippen LogP contribution in [0.25, 0.3) is 0 Å². The molecule has 2 aromatic rings. The SMILES string of the molecule is CCOC(=O)CCCOc1cccc(CCCCCCOc2cc(Br)cc(CN(C)C)c2)c1CC(=C=O)OCC. The van der Waals surface area contributed by atoms with Gasteiger partial charge in [0, 0.05) is 29.4 Å². The molecule has 0 spiro atoms. The van der Waals surface area contributed by atoms with Crippen LogP contribution in [0.1, 0.15) is 69.1 Å². The van der Waals surface area contributed by atoms with E-state index in [-0.39, 0.29) is 11.7 Å². The predicted octanol–water partition coefficient (Wildman–Crippen LogP) is 6.71. The lowest BCUT2D eigenvalue weighted by Crippen LogP contribution is -2.10. The van der Waals surface area contributed by atoms with Gasteiger partial charge in [0.25, 0.3) is 0 Å². The number of nitrogens with zero attached hydrogens (tertiary/aromatic N) is 1. The fourth-order valence-corrected chi connectivity index (χ4v) is 4.91. The second-order valence-corrected chi connectivity index (χ2v) is 10.7. The van der Waals surface area contributed by atoms with Crippen molar-refractivity contribution in [3.8, 4) is 11.5 Å². The number of unbranched alkanes of at least 4 members (excludes halogenated alkanes) is 3. The third-order valence-electron chi connectivity index (χ3n) is 6.13. The molecule has 0 heterocycles. The van der Waals surface area contributed by atoms with Crippen molar-refractivity contribution in [2.24, 2.45) is 0 Å². The first-order valence-electron chi connectivity index (χ1n) is 14.2. The first-order valence-corrected chi connectivity index (χ1v) is 15.0. The number of carbonyl (C=O) groups excluding carboxylic acids is 2. The number of carbonyl (C=O) groups is 1. The van der Waals surface area contributed by atoms with Crippen LogP contribution in [0.15, 0.2) is 46.6 Å². The van der Waals surface area contributed by atoms with Gasteiger partial charge in [-0.25, -0.2) is 4.79 Å². The van der Waals surface area contributed by atoms with E-state index in [4.69, 9.17) is 18.9 Å². The topological polar surface area (TPSA) is 74.3 Å². The molecule has 0 fully saturated rings. The summed E-state index contributed by atoms with van der Waals surface area (Å²) in [4.78, 5) is 25.2. The Labute approximate surface area is 248 Å². The Bertz CT molecular complexity index is 1100. The maximum absolute atomic E-state index is 11.6. The van der Waals surface area contributed by atoms with Crippen molar-refractivity contribution in [3.05, 3.63) is 63.3 Å². The molecule has 0 aliphatic heterocycles. The smallest absolute Gasteiger partial charge is 0.305 e. The van der Waals surface area contributed by atoms with Crippen LogP contribution in [0.2, 0.25) is 0 Å². The number of hydrogen-bond acceptors (Lipinski definition) is 7. The van der Waals surface area contributed by atoms with Gasteiger partial charge in [0.2, 0.25) is 0 Å². The van der Waals surface area contributed by atoms with Gasteiger partial charge in [-0.2, -0.15) is 0 Å². The van der Waals surface area contributed by atoms with Gasteiger partial charge >= 0.3 is 5.97 Å². The van der Waals surface area contributed by atoms with Crippen molar-refractivity contribution in [1.29, 1.82) is 0 Å². The standard InChI is InChI=1S/C32H44BrNO6/c1-5-37-29(24-35)22-30-26(14-11-15-31(30)40-18-12-16-32(36)38-6-2)13-9-7-8-10-17-39-28-20-25(23-34(3)4)19-27(33)21-28/h11,14-15,19-21H,5-10,12-13,16-18,22-23H2,1-4H3. The van der Waals surface area contributed by atoms with E-state index in [0.29, 0.717) is 51.4 Å². The van der Waals surface area contributed by atoms with Crippen molar-refractivity contribution < 1.29 is 28.5 Å². The molecule has 0 atom stereocenters. The zero-order valence-electron chi connectivity index (χ0n) is 24.4. The van der Waals surface area contributed by atoms with Crippen molar-refractivity contribution in [2.45, 2.75) is 71.8 Å². The minimum absolute atomic E-state index is 0.223. The molecular weight excluding hydrogens is 574 g/mol. The van der Waals surface area contributed by atoms with Crippen LogP contribution in [0, 0.1) is 0 Å². The highest BCUT2D eigenvalue weighted by molar-refractivity contribution is 9.10. The number of allylic oxidation sites excluding steroid dienone is 1. The zero-order chi connectivity index (χ0) is 29.2. The highest BCUT2D eigenvalue weighted by atomic mass is 79.9. The fraction of sp³-hybridized carbons (Fsp3) is 0.531. The summed E-state index contributed by atoms with van der Waals surface area (Å²) in [7, 11) is 4.11. The van der Waals surface area contributed by atoms with Crippen LogP contribution >= 0.6 is 15.9 Å². The van der Waals surface area contributed by atoms with Gasteiger partial charge in [0.05, 0.1) is 26.4 Å². The first-order chi connectivity index (χ1) is 19.4. The van der Waals surface area contributed by atoms with E-state index >= 15 is 0 Å². The number of hydrogen-bond donors (Lipinski definition) is 0. The first kappa shape index (κ1) is 33.4. The summed E-state index contributed by atoms with van der Waals surface area (Å²) in [6.07, 6.45) is 6.19. The maximum Gasteiger partial charge on any atom is 0.305 e. The monoisotopic (exact) mass is 617 g/mol. The number of benzene rings is 2. The highest BCUT2D eigenvalue weighted by Crippen LogP contribution is 2.28. The van der Waals surface area contributed by atoms with Gasteiger partial charge in [-0.15, -0.1) is 0 Å². The Morgan fingerprint density at radius 2 is 1.68 bits per heavy atom. The number of ether oxygens (including phenoxy) is 4. The lowest BCUT2D eigenvalue weighted by molar-refractivity contribution is -0.143. The van der Waals surface area contributed by atoms with Crippen molar-refractivity contribution in [2.75, 3.05) is 40.5 Å². The molecule has 0 saturated carbocycles. The molecule has 2 aromatic carbocycles. The summed E-state index contributed by atoms with van der Waals surface area (Å²) in [5.41, 5.74) is 3.29. The molecule has 40 heavy (non-hydrogen) atoms. The summed E-state index contributed by atoms with van der Waals surface area (Å²) in [6, 6.07) is 12.2. The summed E-state index contributed by atoms with van der Waals surface area (Å²) in [5, 5.41) is 0. The Morgan fingerprint density at radius 3 is 2.40 bits per heavy atom. The number of aryl methyl sites for hydroxylation is 1. The quantitative estimate of drug-likeness (QED) is 0.0707. The Hall–Kier alpha value is -2.80. The van der Waals surface area contributed by atoms with Gasteiger partial charge in [0.15, 0.2) is 11.7 Å². The second kappa shape index (κ2) is 19.3. The van der Waals surface area contributed by atoms with E-state index in [0.717, 1.165) is 60.0 Å². The Balaban J connectivity index is 1.88. The Morgan fingerprint density at radius 1 is 0.925 bits per heavy atom. The highest BCUT2D eigenvalue weighted by Gasteiger charge is 2.14. The second-order valence-electron chi connectivity index (χ2n) is 9.83. The molecule has 0 amide bonds.